The van der Waals surface area contributed by atoms with Gasteiger partial charge in [0.15, 0.2) is 0 Å². The topological polar surface area (TPSA) is 49.9 Å². The third-order valence-electron chi connectivity index (χ3n) is 5.52. The lowest BCUT2D eigenvalue weighted by atomic mass is 10.0. The second-order valence-corrected chi connectivity index (χ2v) is 8.39. The lowest BCUT2D eigenvalue weighted by Crippen LogP contribution is -2.43. The maximum Gasteiger partial charge on any atom is 0.307 e. The molecule has 0 aromatic rings. The minimum Gasteiger partial charge on any atom is -0.469 e. The normalized spacial score (nSPS) is 11.1. The summed E-state index contributed by atoms with van der Waals surface area (Å²) < 4.78 is 4.66. The van der Waals surface area contributed by atoms with E-state index in [1.807, 2.05) is 14.1 Å². The summed E-state index contributed by atoms with van der Waals surface area (Å²) in [7, 11) is 5.04. The highest BCUT2D eigenvalue weighted by Crippen LogP contribution is 2.14. The van der Waals surface area contributed by atoms with E-state index in [9.17, 15) is 9.59 Å². The molecule has 5 nitrogen and oxygen atoms in total. The standard InChI is InChI=1S/C24H48N2O3/c1-5-6-7-8-9-10-11-12-13-14-15-16-17-18-19-20-23(27)26(25(2)3)22-21-24(28)29-4/h5-22H2,1-4H3. The highest BCUT2D eigenvalue weighted by molar-refractivity contribution is 5.76. The predicted octanol–water partition coefficient (Wildman–Crippen LogP) is 6.12. The van der Waals surface area contributed by atoms with E-state index in [2.05, 4.69) is 11.7 Å². The van der Waals surface area contributed by atoms with Crippen LogP contribution in [0.4, 0.5) is 0 Å². The molecule has 0 radical (unpaired) electrons. The molecular weight excluding hydrogens is 364 g/mol. The van der Waals surface area contributed by atoms with E-state index in [1.54, 1.807) is 10.0 Å². The van der Waals surface area contributed by atoms with Crippen LogP contribution in [0, 0.1) is 0 Å². The summed E-state index contributed by atoms with van der Waals surface area (Å²) in [4.78, 5) is 23.6. The van der Waals surface area contributed by atoms with Gasteiger partial charge in [0, 0.05) is 27.1 Å². The Kier molecular flexibility index (Phi) is 19.4. The van der Waals surface area contributed by atoms with Crippen LogP contribution in [0.2, 0.25) is 0 Å². The van der Waals surface area contributed by atoms with Crippen molar-refractivity contribution < 1.29 is 14.3 Å². The number of carbonyl (C=O) groups excluding carboxylic acids is 2. The maximum absolute atomic E-state index is 12.4. The van der Waals surface area contributed by atoms with Gasteiger partial charge in [0.25, 0.3) is 0 Å². The summed E-state index contributed by atoms with van der Waals surface area (Å²) in [6.45, 7) is 2.66. The largest absolute Gasteiger partial charge is 0.469 e. The zero-order chi connectivity index (χ0) is 21.7. The van der Waals surface area contributed by atoms with Gasteiger partial charge in [-0.05, 0) is 6.42 Å². The maximum atomic E-state index is 12.4. The minimum absolute atomic E-state index is 0.0913. The minimum atomic E-state index is -0.281. The third-order valence-corrected chi connectivity index (χ3v) is 5.52. The first-order chi connectivity index (χ1) is 14.0. The molecule has 0 fully saturated rings. The molecule has 0 rings (SSSR count). The average Bonchev–Trinajstić information content (AvgIpc) is 2.70. The highest BCUT2D eigenvalue weighted by atomic mass is 16.5. The van der Waals surface area contributed by atoms with Crippen molar-refractivity contribution >= 4 is 11.9 Å². The van der Waals surface area contributed by atoms with Crippen LogP contribution in [0.3, 0.4) is 0 Å². The molecule has 0 saturated carbocycles. The molecule has 0 bridgehead atoms. The predicted molar refractivity (Wildman–Crippen MR) is 122 cm³/mol. The SMILES string of the molecule is CCCCCCCCCCCCCCCCCC(=O)N(CCC(=O)OC)N(C)C. The zero-order valence-corrected chi connectivity index (χ0v) is 19.8. The first kappa shape index (κ1) is 27.9. The molecule has 0 saturated heterocycles. The van der Waals surface area contributed by atoms with E-state index in [0.717, 1.165) is 12.8 Å². The summed E-state index contributed by atoms with van der Waals surface area (Å²) in [5.41, 5.74) is 0. The number of rotatable bonds is 20. The van der Waals surface area contributed by atoms with E-state index in [4.69, 9.17) is 0 Å². The molecule has 0 aliphatic carbocycles. The summed E-state index contributed by atoms with van der Waals surface area (Å²) in [6.07, 6.45) is 20.6. The van der Waals surface area contributed by atoms with Crippen molar-refractivity contribution in [2.24, 2.45) is 0 Å². The van der Waals surface area contributed by atoms with Gasteiger partial charge >= 0.3 is 5.97 Å². The van der Waals surface area contributed by atoms with Crippen LogP contribution in [0.25, 0.3) is 0 Å². The smallest absolute Gasteiger partial charge is 0.307 e. The second kappa shape index (κ2) is 20.2. The summed E-state index contributed by atoms with van der Waals surface area (Å²) in [6, 6.07) is 0. The fourth-order valence-corrected chi connectivity index (χ4v) is 3.62. The number of esters is 1. The Morgan fingerprint density at radius 1 is 0.655 bits per heavy atom. The molecule has 0 atom stereocenters. The zero-order valence-electron chi connectivity index (χ0n) is 19.8. The van der Waals surface area contributed by atoms with Crippen LogP contribution in [0.1, 0.15) is 116 Å². The van der Waals surface area contributed by atoms with Crippen LogP contribution in [-0.2, 0) is 14.3 Å². The molecule has 0 aromatic carbocycles. The number of hydrogen-bond donors (Lipinski definition) is 0. The Bertz CT molecular complexity index is 400. The number of amides is 1. The summed E-state index contributed by atoms with van der Waals surface area (Å²) >= 11 is 0. The number of hydrazine groups is 1. The van der Waals surface area contributed by atoms with Crippen LogP contribution >= 0.6 is 0 Å². The van der Waals surface area contributed by atoms with E-state index in [0.29, 0.717) is 13.0 Å². The van der Waals surface area contributed by atoms with Crippen molar-refractivity contribution in [2.75, 3.05) is 27.7 Å². The molecular formula is C24H48N2O3. The molecule has 0 spiro atoms. The fraction of sp³-hybridized carbons (Fsp3) is 0.917. The molecule has 1 amide bonds. The van der Waals surface area contributed by atoms with Gasteiger partial charge in [0.1, 0.15) is 0 Å². The van der Waals surface area contributed by atoms with Crippen LogP contribution in [0.5, 0.6) is 0 Å². The van der Waals surface area contributed by atoms with Crippen LogP contribution < -0.4 is 0 Å². The van der Waals surface area contributed by atoms with Gasteiger partial charge in [-0.3, -0.25) is 14.6 Å². The average molecular weight is 413 g/mol. The Hall–Kier alpha value is -1.10. The van der Waals surface area contributed by atoms with E-state index in [1.165, 1.54) is 90.6 Å². The molecule has 0 aliphatic heterocycles. The van der Waals surface area contributed by atoms with Gasteiger partial charge in [-0.15, -0.1) is 0 Å². The van der Waals surface area contributed by atoms with E-state index < -0.39 is 0 Å². The van der Waals surface area contributed by atoms with E-state index >= 15 is 0 Å². The Balaban J connectivity index is 3.52. The first-order valence-electron chi connectivity index (χ1n) is 12.1. The van der Waals surface area contributed by atoms with Crippen LogP contribution in [-0.4, -0.2) is 49.6 Å². The molecule has 5 heteroatoms. The Labute approximate surface area is 180 Å². The lowest BCUT2D eigenvalue weighted by Gasteiger charge is -2.28. The summed E-state index contributed by atoms with van der Waals surface area (Å²) in [5.74, 6) is -0.190. The number of methoxy groups -OCH3 is 1. The fourth-order valence-electron chi connectivity index (χ4n) is 3.62. The molecule has 0 unspecified atom stereocenters. The quantitative estimate of drug-likeness (QED) is 0.137. The van der Waals surface area contributed by atoms with Crippen molar-refractivity contribution in [1.82, 2.24) is 10.0 Å². The molecule has 0 aromatic heterocycles. The Morgan fingerprint density at radius 3 is 1.45 bits per heavy atom. The van der Waals surface area contributed by atoms with Gasteiger partial charge in [0.2, 0.25) is 5.91 Å². The van der Waals surface area contributed by atoms with Gasteiger partial charge in [-0.25, -0.2) is 5.01 Å². The van der Waals surface area contributed by atoms with Crippen molar-refractivity contribution in [1.29, 1.82) is 0 Å². The van der Waals surface area contributed by atoms with Gasteiger partial charge in [-0.1, -0.05) is 96.8 Å². The van der Waals surface area contributed by atoms with Gasteiger partial charge in [-0.2, -0.15) is 0 Å². The molecule has 0 heterocycles. The first-order valence-corrected chi connectivity index (χ1v) is 12.1. The molecule has 0 N–H and O–H groups in total. The van der Waals surface area contributed by atoms with Crippen molar-refractivity contribution in [3.8, 4) is 0 Å². The number of nitrogens with zero attached hydrogens (tertiary/aromatic N) is 2. The molecule has 172 valence electrons. The number of hydrogen-bond acceptors (Lipinski definition) is 4. The van der Waals surface area contributed by atoms with E-state index in [-0.39, 0.29) is 18.3 Å². The third kappa shape index (κ3) is 17.5. The Morgan fingerprint density at radius 2 is 1.07 bits per heavy atom. The number of ether oxygens (including phenoxy) is 1. The van der Waals surface area contributed by atoms with Crippen molar-refractivity contribution in [3.05, 3.63) is 0 Å². The molecule has 29 heavy (non-hydrogen) atoms. The monoisotopic (exact) mass is 412 g/mol. The van der Waals surface area contributed by atoms with Gasteiger partial charge < -0.3 is 4.74 Å². The number of unbranched alkanes of at least 4 members (excludes halogenated alkanes) is 14. The second-order valence-electron chi connectivity index (χ2n) is 8.39. The van der Waals surface area contributed by atoms with Crippen LogP contribution in [0.15, 0.2) is 0 Å². The van der Waals surface area contributed by atoms with Crippen molar-refractivity contribution in [2.45, 2.75) is 116 Å². The van der Waals surface area contributed by atoms with Crippen molar-refractivity contribution in [3.63, 3.8) is 0 Å². The van der Waals surface area contributed by atoms with Gasteiger partial charge in [0.05, 0.1) is 13.5 Å². The highest BCUT2D eigenvalue weighted by Gasteiger charge is 2.16. The molecule has 0 aliphatic rings. The number of carbonyl (C=O) groups is 2. The summed E-state index contributed by atoms with van der Waals surface area (Å²) in [5, 5.41) is 3.40. The lowest BCUT2D eigenvalue weighted by molar-refractivity contribution is -0.148.